The third-order valence-corrected chi connectivity index (χ3v) is 3.06. The van der Waals surface area contributed by atoms with Crippen molar-refractivity contribution in [3.8, 4) is 5.75 Å². The second kappa shape index (κ2) is 5.14. The minimum atomic E-state index is -0.166. The summed E-state index contributed by atoms with van der Waals surface area (Å²) in [5.74, 6) is 0.674. The van der Waals surface area contributed by atoms with Gasteiger partial charge in [-0.05, 0) is 19.1 Å². The van der Waals surface area contributed by atoms with Gasteiger partial charge < -0.3 is 15.5 Å². The zero-order valence-electron chi connectivity index (χ0n) is 10.1. The molecule has 0 fully saturated rings. The zero-order chi connectivity index (χ0) is 13.1. The third-order valence-electron chi connectivity index (χ3n) is 2.20. The predicted octanol–water partition coefficient (Wildman–Crippen LogP) is 1.82. The number of H-pyrrole nitrogens is 1. The van der Waals surface area contributed by atoms with Gasteiger partial charge in [-0.25, -0.2) is 4.98 Å². The number of benzene rings is 1. The van der Waals surface area contributed by atoms with Gasteiger partial charge >= 0.3 is 0 Å². The first-order chi connectivity index (χ1) is 8.56. The maximum absolute atomic E-state index is 11.3. The monoisotopic (exact) mass is 263 g/mol. The van der Waals surface area contributed by atoms with E-state index < -0.39 is 0 Å². The molecule has 1 aromatic carbocycles. The van der Waals surface area contributed by atoms with Crippen molar-refractivity contribution >= 4 is 17.4 Å². The van der Waals surface area contributed by atoms with Crippen LogP contribution < -0.4 is 16.0 Å². The lowest BCUT2D eigenvalue weighted by molar-refractivity contribution is 0.414. The molecule has 2 rings (SSSR count). The van der Waals surface area contributed by atoms with Crippen LogP contribution in [0, 0.1) is 6.92 Å². The molecule has 0 aliphatic heterocycles. The number of aromatic nitrogens is 2. The van der Waals surface area contributed by atoms with Crippen LogP contribution in [0.2, 0.25) is 0 Å². The molecule has 0 unspecified atom stereocenters. The summed E-state index contributed by atoms with van der Waals surface area (Å²) >= 11 is 1.33. The smallest absolute Gasteiger partial charge is 0.251 e. The molecule has 0 spiro atoms. The van der Waals surface area contributed by atoms with E-state index in [0.717, 1.165) is 4.90 Å². The number of nitrogens with one attached hydrogen (secondary N) is 1. The summed E-state index contributed by atoms with van der Waals surface area (Å²) in [5, 5.41) is 0.535. The number of nitrogens with zero attached hydrogens (tertiary/aromatic N) is 1. The van der Waals surface area contributed by atoms with E-state index in [1.54, 1.807) is 26.2 Å². The van der Waals surface area contributed by atoms with Crippen LogP contribution in [-0.4, -0.2) is 17.1 Å². The van der Waals surface area contributed by atoms with Crippen molar-refractivity contribution in [3.05, 3.63) is 40.3 Å². The summed E-state index contributed by atoms with van der Waals surface area (Å²) in [7, 11) is 1.58. The Morgan fingerprint density at radius 2 is 2.11 bits per heavy atom. The molecule has 0 aliphatic rings. The van der Waals surface area contributed by atoms with Gasteiger partial charge in [-0.2, -0.15) is 0 Å². The van der Waals surface area contributed by atoms with E-state index in [1.807, 2.05) is 6.07 Å². The van der Waals surface area contributed by atoms with Gasteiger partial charge in [-0.1, -0.05) is 11.8 Å². The van der Waals surface area contributed by atoms with Gasteiger partial charge in [0.2, 0.25) is 0 Å². The highest BCUT2D eigenvalue weighted by molar-refractivity contribution is 7.99. The van der Waals surface area contributed by atoms with Crippen LogP contribution in [0.5, 0.6) is 5.75 Å². The molecule has 2 aromatic rings. The van der Waals surface area contributed by atoms with Crippen molar-refractivity contribution in [2.75, 3.05) is 12.8 Å². The number of rotatable bonds is 3. The van der Waals surface area contributed by atoms with Crippen molar-refractivity contribution in [3.63, 3.8) is 0 Å². The first-order valence-corrected chi connectivity index (χ1v) is 6.09. The largest absolute Gasteiger partial charge is 0.497 e. The second-order valence-corrected chi connectivity index (χ2v) is 4.80. The number of ether oxygens (including phenoxy) is 1. The average molecular weight is 263 g/mol. The van der Waals surface area contributed by atoms with Crippen LogP contribution in [0.4, 0.5) is 5.69 Å². The summed E-state index contributed by atoms with van der Waals surface area (Å²) in [6.07, 6.45) is 0. The Morgan fingerprint density at radius 3 is 2.78 bits per heavy atom. The number of hydrogen-bond acceptors (Lipinski definition) is 5. The summed E-state index contributed by atoms with van der Waals surface area (Å²) in [6, 6.07) is 6.82. The average Bonchev–Trinajstić information content (AvgIpc) is 2.26. The fourth-order valence-electron chi connectivity index (χ4n) is 1.48. The number of nitrogens with two attached hydrogens (primary N) is 1. The highest BCUT2D eigenvalue weighted by Gasteiger charge is 2.04. The standard InChI is InChI=1S/C12H13N3O2S/c1-7-3-11(16)15-12(14-7)18-10-5-8(13)4-9(6-10)17-2/h3-6H,13H2,1-2H3,(H,14,15,16). The highest BCUT2D eigenvalue weighted by Crippen LogP contribution is 2.29. The van der Waals surface area contributed by atoms with Gasteiger partial charge in [0.1, 0.15) is 5.75 Å². The fraction of sp³-hybridized carbons (Fsp3) is 0.167. The van der Waals surface area contributed by atoms with Crippen LogP contribution in [-0.2, 0) is 0 Å². The van der Waals surface area contributed by atoms with E-state index in [9.17, 15) is 4.79 Å². The van der Waals surface area contributed by atoms with Crippen LogP contribution in [0.15, 0.2) is 39.1 Å². The van der Waals surface area contributed by atoms with Crippen LogP contribution in [0.3, 0.4) is 0 Å². The summed E-state index contributed by atoms with van der Waals surface area (Å²) in [5.41, 5.74) is 6.88. The molecule has 3 N–H and O–H groups in total. The Hall–Kier alpha value is -1.95. The minimum absolute atomic E-state index is 0.166. The Bertz CT molecular complexity index is 625. The molecular weight excluding hydrogens is 250 g/mol. The highest BCUT2D eigenvalue weighted by atomic mass is 32.2. The quantitative estimate of drug-likeness (QED) is 0.652. The lowest BCUT2D eigenvalue weighted by atomic mass is 10.3. The summed E-state index contributed by atoms with van der Waals surface area (Å²) < 4.78 is 5.14. The minimum Gasteiger partial charge on any atom is -0.497 e. The molecule has 5 nitrogen and oxygen atoms in total. The molecule has 1 heterocycles. The van der Waals surface area contributed by atoms with Crippen LogP contribution in [0.1, 0.15) is 5.69 Å². The third kappa shape index (κ3) is 3.04. The molecule has 0 saturated heterocycles. The van der Waals surface area contributed by atoms with E-state index in [4.69, 9.17) is 10.5 Å². The van der Waals surface area contributed by atoms with Crippen molar-refractivity contribution in [1.29, 1.82) is 0 Å². The number of nitrogen functional groups attached to an aromatic ring is 1. The molecule has 94 valence electrons. The van der Waals surface area contributed by atoms with Crippen molar-refractivity contribution in [1.82, 2.24) is 9.97 Å². The summed E-state index contributed by atoms with van der Waals surface area (Å²) in [6.45, 7) is 1.78. The van der Waals surface area contributed by atoms with Crippen LogP contribution in [0.25, 0.3) is 0 Å². The van der Waals surface area contributed by atoms with Gasteiger partial charge in [0.25, 0.3) is 5.56 Å². The first-order valence-electron chi connectivity index (χ1n) is 5.27. The number of anilines is 1. The molecule has 0 atom stereocenters. The Balaban J connectivity index is 2.33. The number of methoxy groups -OCH3 is 1. The van der Waals surface area contributed by atoms with Gasteiger partial charge in [-0.3, -0.25) is 4.79 Å². The van der Waals surface area contributed by atoms with Crippen molar-refractivity contribution in [2.45, 2.75) is 17.0 Å². The zero-order valence-corrected chi connectivity index (χ0v) is 10.9. The first kappa shape index (κ1) is 12.5. The number of aromatic amines is 1. The van der Waals surface area contributed by atoms with Gasteiger partial charge in [0.05, 0.1) is 7.11 Å². The lowest BCUT2D eigenvalue weighted by Crippen LogP contribution is -2.07. The molecule has 0 bridgehead atoms. The molecule has 0 aliphatic carbocycles. The van der Waals surface area contributed by atoms with E-state index in [0.29, 0.717) is 22.3 Å². The Morgan fingerprint density at radius 1 is 1.33 bits per heavy atom. The molecule has 0 saturated carbocycles. The van der Waals surface area contributed by atoms with E-state index >= 15 is 0 Å². The maximum Gasteiger partial charge on any atom is 0.251 e. The van der Waals surface area contributed by atoms with Crippen molar-refractivity contribution < 1.29 is 4.74 Å². The van der Waals surface area contributed by atoms with E-state index in [1.165, 1.54) is 17.8 Å². The topological polar surface area (TPSA) is 81.0 Å². The molecule has 6 heteroatoms. The van der Waals surface area contributed by atoms with E-state index in [-0.39, 0.29) is 5.56 Å². The van der Waals surface area contributed by atoms with Gasteiger partial charge in [0, 0.05) is 28.4 Å². The Kier molecular flexibility index (Phi) is 3.57. The lowest BCUT2D eigenvalue weighted by Gasteiger charge is -2.06. The molecule has 18 heavy (non-hydrogen) atoms. The Labute approximate surface area is 108 Å². The maximum atomic E-state index is 11.3. The molecule has 0 amide bonds. The SMILES string of the molecule is COc1cc(N)cc(Sc2nc(C)cc(=O)[nH]2)c1. The second-order valence-electron chi connectivity index (χ2n) is 3.74. The van der Waals surface area contributed by atoms with Gasteiger partial charge in [0.15, 0.2) is 5.16 Å². The number of hydrogen-bond donors (Lipinski definition) is 2. The molecular formula is C12H13N3O2S. The molecule has 1 aromatic heterocycles. The van der Waals surface area contributed by atoms with Gasteiger partial charge in [-0.15, -0.1) is 0 Å². The normalized spacial score (nSPS) is 10.3. The summed E-state index contributed by atoms with van der Waals surface area (Å²) in [4.78, 5) is 19.1. The molecule has 0 radical (unpaired) electrons. The predicted molar refractivity (Wildman–Crippen MR) is 71.1 cm³/mol. The fourth-order valence-corrected chi connectivity index (χ4v) is 2.42. The van der Waals surface area contributed by atoms with E-state index in [2.05, 4.69) is 9.97 Å². The number of aryl methyl sites for hydroxylation is 1. The van der Waals surface area contributed by atoms with Crippen LogP contribution >= 0.6 is 11.8 Å². The van der Waals surface area contributed by atoms with Crippen molar-refractivity contribution in [2.24, 2.45) is 0 Å².